The summed E-state index contributed by atoms with van der Waals surface area (Å²) < 4.78 is 10.7. The number of nitrogens with zero attached hydrogens (tertiary/aromatic N) is 3. The summed E-state index contributed by atoms with van der Waals surface area (Å²) in [6.07, 6.45) is 3.45. The second-order valence-corrected chi connectivity index (χ2v) is 7.92. The zero-order chi connectivity index (χ0) is 20.1. The van der Waals surface area contributed by atoms with Gasteiger partial charge in [-0.15, -0.1) is 0 Å². The van der Waals surface area contributed by atoms with Gasteiger partial charge < -0.3 is 14.6 Å². The van der Waals surface area contributed by atoms with Crippen LogP contribution in [0.5, 0.6) is 0 Å². The Balaban J connectivity index is 1.56. The summed E-state index contributed by atoms with van der Waals surface area (Å²) in [5.41, 5.74) is 1.01. The predicted octanol–water partition coefficient (Wildman–Crippen LogP) is 2.85. The van der Waals surface area contributed by atoms with Crippen LogP contribution in [-0.4, -0.2) is 66.3 Å². The van der Waals surface area contributed by atoms with E-state index in [0.29, 0.717) is 17.6 Å². The zero-order valence-electron chi connectivity index (χ0n) is 17.0. The van der Waals surface area contributed by atoms with Gasteiger partial charge in [-0.05, 0) is 31.9 Å². The van der Waals surface area contributed by atoms with E-state index in [2.05, 4.69) is 20.3 Å². The molecule has 29 heavy (non-hydrogen) atoms. The maximum Gasteiger partial charge on any atom is 0.247 e. The molecular weight excluding hydrogens is 368 g/mol. The number of hydrogen-bond donors (Lipinski definition) is 1. The lowest BCUT2D eigenvalue weighted by Crippen LogP contribution is -2.49. The zero-order valence-corrected chi connectivity index (χ0v) is 17.0. The number of aryl methyl sites for hydroxylation is 1. The summed E-state index contributed by atoms with van der Waals surface area (Å²) in [7, 11) is 0. The van der Waals surface area contributed by atoms with E-state index in [-0.39, 0.29) is 11.9 Å². The number of likely N-dealkylation sites (tertiary alicyclic amines) is 1. The van der Waals surface area contributed by atoms with Gasteiger partial charge in [0.25, 0.3) is 0 Å². The fraction of sp³-hybridized carbons (Fsp3) is 0.545. The molecule has 4 rings (SSSR count). The van der Waals surface area contributed by atoms with Crippen LogP contribution in [0.25, 0.3) is 0 Å². The molecule has 1 aromatic carbocycles. The Bertz CT molecular complexity index is 788. The number of amides is 1. The lowest BCUT2D eigenvalue weighted by molar-refractivity contribution is -0.122. The van der Waals surface area contributed by atoms with E-state index < -0.39 is 0 Å². The predicted molar refractivity (Wildman–Crippen MR) is 111 cm³/mol. The van der Waals surface area contributed by atoms with E-state index in [9.17, 15) is 4.79 Å². The number of benzene rings is 1. The first-order chi connectivity index (χ1) is 14.2. The molecule has 0 aliphatic carbocycles. The average Bonchev–Trinajstić information content (AvgIpc) is 3.00. The van der Waals surface area contributed by atoms with Crippen molar-refractivity contribution in [2.75, 3.05) is 44.7 Å². The van der Waals surface area contributed by atoms with Gasteiger partial charge in [-0.3, -0.25) is 14.6 Å². The highest BCUT2D eigenvalue weighted by Crippen LogP contribution is 2.27. The molecule has 7 nitrogen and oxygen atoms in total. The van der Waals surface area contributed by atoms with Gasteiger partial charge >= 0.3 is 0 Å². The van der Waals surface area contributed by atoms with Gasteiger partial charge in [-0.1, -0.05) is 41.9 Å². The van der Waals surface area contributed by atoms with Crippen molar-refractivity contribution in [1.29, 1.82) is 0 Å². The van der Waals surface area contributed by atoms with Crippen LogP contribution < -0.4 is 5.32 Å². The summed E-state index contributed by atoms with van der Waals surface area (Å²) in [5.74, 6) is 1.08. The number of rotatable bonds is 5. The van der Waals surface area contributed by atoms with Crippen LogP contribution in [0.4, 0.5) is 5.82 Å². The van der Waals surface area contributed by atoms with E-state index in [0.717, 1.165) is 51.4 Å². The van der Waals surface area contributed by atoms with Crippen molar-refractivity contribution in [2.24, 2.45) is 0 Å². The Hall–Kier alpha value is -2.22. The smallest absolute Gasteiger partial charge is 0.247 e. The van der Waals surface area contributed by atoms with E-state index >= 15 is 0 Å². The molecule has 0 radical (unpaired) electrons. The minimum Gasteiger partial charge on any atom is -0.379 e. The molecule has 2 saturated heterocycles. The molecule has 1 amide bonds. The van der Waals surface area contributed by atoms with Gasteiger partial charge in [-0.2, -0.15) is 0 Å². The number of nitrogens with one attached hydrogen (secondary N) is 1. The number of hydrogen-bond acceptors (Lipinski definition) is 6. The van der Waals surface area contributed by atoms with Crippen molar-refractivity contribution in [3.8, 4) is 0 Å². The first-order valence-electron chi connectivity index (χ1n) is 10.6. The van der Waals surface area contributed by atoms with Gasteiger partial charge in [0.05, 0.1) is 13.2 Å². The molecule has 3 heterocycles. The number of carbonyl (C=O) groups excluding carboxylic acids is 1. The monoisotopic (exact) mass is 398 g/mol. The van der Waals surface area contributed by atoms with Crippen molar-refractivity contribution in [2.45, 2.75) is 38.3 Å². The van der Waals surface area contributed by atoms with Crippen LogP contribution in [0.3, 0.4) is 0 Å². The lowest BCUT2D eigenvalue weighted by atomic mass is 10.0. The summed E-state index contributed by atoms with van der Waals surface area (Å²) in [6, 6.07) is 11.9. The Morgan fingerprint density at radius 3 is 2.69 bits per heavy atom. The summed E-state index contributed by atoms with van der Waals surface area (Å²) >= 11 is 0. The van der Waals surface area contributed by atoms with E-state index in [1.165, 1.54) is 12.8 Å². The fourth-order valence-corrected chi connectivity index (χ4v) is 4.41. The quantitative estimate of drug-likeness (QED) is 0.835. The second-order valence-electron chi connectivity index (χ2n) is 7.92. The van der Waals surface area contributed by atoms with E-state index in [4.69, 9.17) is 9.26 Å². The topological polar surface area (TPSA) is 70.8 Å². The van der Waals surface area contributed by atoms with Crippen molar-refractivity contribution in [1.82, 2.24) is 15.0 Å². The largest absolute Gasteiger partial charge is 0.379 e. The van der Waals surface area contributed by atoms with Crippen LogP contribution >= 0.6 is 0 Å². The maximum absolute atomic E-state index is 13.3. The highest BCUT2D eigenvalue weighted by Gasteiger charge is 2.33. The van der Waals surface area contributed by atoms with Crippen molar-refractivity contribution < 1.29 is 14.1 Å². The third-order valence-corrected chi connectivity index (χ3v) is 5.85. The van der Waals surface area contributed by atoms with Crippen LogP contribution in [0, 0.1) is 6.92 Å². The molecule has 2 atom stereocenters. The molecule has 2 aliphatic rings. The highest BCUT2D eigenvalue weighted by molar-refractivity contribution is 5.94. The molecule has 2 aromatic rings. The normalized spacial score (nSPS) is 22.7. The second kappa shape index (κ2) is 9.52. The first kappa shape index (κ1) is 20.1. The molecule has 2 aliphatic heterocycles. The van der Waals surface area contributed by atoms with Crippen LogP contribution in [0.1, 0.15) is 36.6 Å². The molecular formula is C22H30N4O3. The number of ether oxygens (including phenoxy) is 1. The summed E-state index contributed by atoms with van der Waals surface area (Å²) in [6.45, 7) is 7.14. The molecule has 0 bridgehead atoms. The fourth-order valence-electron chi connectivity index (χ4n) is 4.41. The van der Waals surface area contributed by atoms with Crippen LogP contribution in [-0.2, 0) is 9.53 Å². The van der Waals surface area contributed by atoms with Gasteiger partial charge in [0.2, 0.25) is 5.91 Å². The van der Waals surface area contributed by atoms with Gasteiger partial charge in [0.1, 0.15) is 11.8 Å². The Morgan fingerprint density at radius 1 is 1.17 bits per heavy atom. The lowest BCUT2D eigenvalue weighted by Gasteiger charge is -2.38. The minimum atomic E-state index is -0.352. The average molecular weight is 399 g/mol. The number of anilines is 1. The number of morpholine rings is 1. The molecule has 0 spiro atoms. The van der Waals surface area contributed by atoms with Crippen LogP contribution in [0.2, 0.25) is 0 Å². The molecule has 1 unspecified atom stereocenters. The first-order valence-corrected chi connectivity index (χ1v) is 10.6. The summed E-state index contributed by atoms with van der Waals surface area (Å²) in [5, 5.41) is 6.89. The third kappa shape index (κ3) is 5.04. The number of aromatic nitrogens is 1. The van der Waals surface area contributed by atoms with Crippen molar-refractivity contribution >= 4 is 11.7 Å². The highest BCUT2D eigenvalue weighted by atomic mass is 16.5. The molecule has 156 valence electrons. The Morgan fingerprint density at radius 2 is 1.97 bits per heavy atom. The third-order valence-electron chi connectivity index (χ3n) is 5.85. The molecule has 1 N–H and O–H groups in total. The molecule has 7 heteroatoms. The molecule has 2 fully saturated rings. The van der Waals surface area contributed by atoms with Gasteiger partial charge in [0, 0.05) is 31.7 Å². The van der Waals surface area contributed by atoms with E-state index in [1.807, 2.05) is 37.3 Å². The SMILES string of the molecule is Cc1cc(NC(=O)C(c2ccccc2)N2CCCC[C@H](N3CCOCC3)C2)no1. The standard InChI is InChI=1S/C22H30N4O3/c1-17-15-20(24-29-17)23-22(27)21(18-7-3-2-4-8-18)26-10-6-5-9-19(16-26)25-11-13-28-14-12-25/h2-4,7-8,15,19,21H,5-6,9-14,16H2,1H3,(H,23,24,27)/t19-,21?/m0/s1. The maximum atomic E-state index is 13.3. The van der Waals surface area contributed by atoms with E-state index in [1.54, 1.807) is 6.07 Å². The van der Waals surface area contributed by atoms with Gasteiger partial charge in [-0.25, -0.2) is 0 Å². The van der Waals surface area contributed by atoms with Crippen molar-refractivity contribution in [3.05, 3.63) is 47.7 Å². The summed E-state index contributed by atoms with van der Waals surface area (Å²) in [4.78, 5) is 18.2. The Kier molecular flexibility index (Phi) is 6.59. The molecule has 0 saturated carbocycles. The minimum absolute atomic E-state index is 0.0628. The van der Waals surface area contributed by atoms with Gasteiger partial charge in [0.15, 0.2) is 5.82 Å². The number of carbonyl (C=O) groups is 1. The van der Waals surface area contributed by atoms with Crippen LogP contribution in [0.15, 0.2) is 40.9 Å². The Labute approximate surface area is 172 Å². The molecule has 1 aromatic heterocycles. The van der Waals surface area contributed by atoms with Crippen molar-refractivity contribution in [3.63, 3.8) is 0 Å².